The third kappa shape index (κ3) is 6.50. The third-order valence-corrected chi connectivity index (χ3v) is 4.90. The van der Waals surface area contributed by atoms with Crippen molar-refractivity contribution in [1.82, 2.24) is 4.90 Å². The van der Waals surface area contributed by atoms with E-state index < -0.39 is 18.4 Å². The molecule has 0 bridgehead atoms. The lowest BCUT2D eigenvalue weighted by Gasteiger charge is -2.33. The zero-order chi connectivity index (χ0) is 22.8. The van der Waals surface area contributed by atoms with Gasteiger partial charge in [-0.15, -0.1) is 0 Å². The number of carbonyl (C=O) groups excluding carboxylic acids is 1. The van der Waals surface area contributed by atoms with E-state index in [2.05, 4.69) is 0 Å². The van der Waals surface area contributed by atoms with Crippen LogP contribution < -0.4 is 9.47 Å². The van der Waals surface area contributed by atoms with Crippen molar-refractivity contribution < 1.29 is 33.6 Å². The molecule has 0 heterocycles. The number of nitrogens with zero attached hydrogens (tertiary/aromatic N) is 1. The summed E-state index contributed by atoms with van der Waals surface area (Å²) in [6.07, 6.45) is -0.679. The van der Waals surface area contributed by atoms with E-state index in [1.807, 2.05) is 24.3 Å². The van der Waals surface area contributed by atoms with E-state index in [0.29, 0.717) is 17.9 Å². The fourth-order valence-electron chi connectivity index (χ4n) is 3.27. The monoisotopic (exact) mass is 433 g/mol. The van der Waals surface area contributed by atoms with Crippen LogP contribution in [0.5, 0.6) is 17.2 Å². The molecule has 0 radical (unpaired) electrons. The molecule has 0 aliphatic rings. The van der Waals surface area contributed by atoms with Crippen LogP contribution in [0.4, 0.5) is 4.79 Å². The molecular weight excluding hydrogens is 402 g/mol. The summed E-state index contributed by atoms with van der Waals surface area (Å²) in [5, 5.41) is 10.0. The maximum absolute atomic E-state index is 12.9. The highest BCUT2D eigenvalue weighted by Crippen LogP contribution is 2.34. The number of aromatic hydroxyl groups is 1. The van der Waals surface area contributed by atoms with Gasteiger partial charge in [0.05, 0.1) is 33.4 Å². The molecule has 0 saturated carbocycles. The van der Waals surface area contributed by atoms with Gasteiger partial charge in [0, 0.05) is 14.2 Å². The van der Waals surface area contributed by atoms with E-state index in [1.165, 1.54) is 21.3 Å². The van der Waals surface area contributed by atoms with Crippen LogP contribution in [0.2, 0.25) is 0 Å². The van der Waals surface area contributed by atoms with Crippen LogP contribution in [-0.2, 0) is 20.6 Å². The van der Waals surface area contributed by atoms with Gasteiger partial charge in [0.2, 0.25) is 0 Å². The summed E-state index contributed by atoms with van der Waals surface area (Å²) in [5.74, 6) is 1.04. The quantitative estimate of drug-likeness (QED) is 0.540. The average Bonchev–Trinajstić information content (AvgIpc) is 2.79. The molecule has 1 amide bonds. The molecule has 2 aromatic carbocycles. The van der Waals surface area contributed by atoms with E-state index in [1.54, 1.807) is 37.1 Å². The molecule has 0 aromatic heterocycles. The zero-order valence-corrected chi connectivity index (χ0v) is 18.7. The summed E-state index contributed by atoms with van der Waals surface area (Å²) in [4.78, 5) is 14.5. The number of carbonyl (C=O) groups is 1. The van der Waals surface area contributed by atoms with Gasteiger partial charge in [-0.2, -0.15) is 0 Å². The minimum Gasteiger partial charge on any atom is -0.504 e. The summed E-state index contributed by atoms with van der Waals surface area (Å²) in [7, 11) is 6.11. The highest BCUT2D eigenvalue weighted by Gasteiger charge is 2.30. The fraction of sp³-hybridized carbons (Fsp3) is 0.435. The summed E-state index contributed by atoms with van der Waals surface area (Å²) in [6.45, 7) is 2.12. The maximum atomic E-state index is 12.9. The van der Waals surface area contributed by atoms with Gasteiger partial charge in [0.25, 0.3) is 0 Å². The highest BCUT2D eigenvalue weighted by molar-refractivity contribution is 5.68. The standard InChI is InChI=1S/C23H31NO7/c1-6-31-23(26)24(15-22(29-4)30-5)19(13-16-8-7-9-18(12-16)27-2)17-10-11-20(25)21(14-17)28-3/h7-12,14,19,22,25H,6,13,15H2,1-5H3. The van der Waals surface area contributed by atoms with E-state index in [0.717, 1.165) is 11.1 Å². The van der Waals surface area contributed by atoms with Gasteiger partial charge in [-0.1, -0.05) is 18.2 Å². The molecule has 170 valence electrons. The first-order chi connectivity index (χ1) is 15.0. The van der Waals surface area contributed by atoms with Crippen molar-refractivity contribution in [1.29, 1.82) is 0 Å². The Labute approximate surface area is 183 Å². The molecule has 8 nitrogen and oxygen atoms in total. The molecule has 0 aliphatic heterocycles. The van der Waals surface area contributed by atoms with Gasteiger partial charge in [-0.05, 0) is 48.7 Å². The van der Waals surface area contributed by atoms with Gasteiger partial charge < -0.3 is 28.8 Å². The van der Waals surface area contributed by atoms with Crippen molar-refractivity contribution >= 4 is 6.09 Å². The van der Waals surface area contributed by atoms with E-state index in [4.69, 9.17) is 23.7 Å². The second kappa shape index (κ2) is 12.0. The molecule has 8 heteroatoms. The predicted molar refractivity (Wildman–Crippen MR) is 116 cm³/mol. The molecule has 0 aliphatic carbocycles. The Morgan fingerprint density at radius 1 is 1.03 bits per heavy atom. The number of ether oxygens (including phenoxy) is 5. The molecule has 1 atom stereocenters. The van der Waals surface area contributed by atoms with Crippen molar-refractivity contribution in [2.24, 2.45) is 0 Å². The minimum absolute atomic E-state index is 0.0146. The number of amides is 1. The topological polar surface area (TPSA) is 86.7 Å². The lowest BCUT2D eigenvalue weighted by atomic mass is 9.96. The Morgan fingerprint density at radius 2 is 1.77 bits per heavy atom. The van der Waals surface area contributed by atoms with Crippen LogP contribution in [0, 0.1) is 0 Å². The Hall–Kier alpha value is -2.97. The first-order valence-corrected chi connectivity index (χ1v) is 9.96. The molecule has 2 aromatic rings. The molecule has 0 fully saturated rings. The molecular formula is C23H31NO7. The molecule has 31 heavy (non-hydrogen) atoms. The van der Waals surface area contributed by atoms with Crippen LogP contribution in [0.3, 0.4) is 0 Å². The Morgan fingerprint density at radius 3 is 2.39 bits per heavy atom. The van der Waals surface area contributed by atoms with Crippen molar-refractivity contribution in [3.63, 3.8) is 0 Å². The average molecular weight is 434 g/mol. The number of methoxy groups -OCH3 is 4. The molecule has 2 rings (SSSR count). The van der Waals surface area contributed by atoms with E-state index in [9.17, 15) is 9.90 Å². The lowest BCUT2D eigenvalue weighted by Crippen LogP contribution is -2.42. The Kier molecular flexibility index (Phi) is 9.42. The first-order valence-electron chi connectivity index (χ1n) is 9.96. The van der Waals surface area contributed by atoms with Gasteiger partial charge >= 0.3 is 6.09 Å². The predicted octanol–water partition coefficient (Wildman–Crippen LogP) is 3.77. The SMILES string of the molecule is CCOC(=O)N(CC(OC)OC)C(Cc1cccc(OC)c1)c1ccc(O)c(OC)c1. The second-order valence-electron chi connectivity index (χ2n) is 6.75. The smallest absolute Gasteiger partial charge is 0.410 e. The van der Waals surface area contributed by atoms with Crippen molar-refractivity contribution in [3.05, 3.63) is 53.6 Å². The Balaban J connectivity index is 2.53. The van der Waals surface area contributed by atoms with Crippen LogP contribution in [0.25, 0.3) is 0 Å². The normalized spacial score (nSPS) is 11.8. The van der Waals surface area contributed by atoms with Crippen molar-refractivity contribution in [3.8, 4) is 17.2 Å². The van der Waals surface area contributed by atoms with Gasteiger partial charge in [-0.3, -0.25) is 4.90 Å². The molecule has 0 spiro atoms. The number of rotatable bonds is 11. The van der Waals surface area contributed by atoms with Crippen LogP contribution >= 0.6 is 0 Å². The van der Waals surface area contributed by atoms with Crippen molar-refractivity contribution in [2.45, 2.75) is 25.7 Å². The van der Waals surface area contributed by atoms with E-state index >= 15 is 0 Å². The summed E-state index contributed by atoms with van der Waals surface area (Å²) >= 11 is 0. The van der Waals surface area contributed by atoms with Crippen LogP contribution in [-0.4, -0.2) is 64.0 Å². The summed E-state index contributed by atoms with van der Waals surface area (Å²) in [5.41, 5.74) is 1.72. The number of hydrogen-bond acceptors (Lipinski definition) is 7. The highest BCUT2D eigenvalue weighted by atomic mass is 16.7. The Bertz CT molecular complexity index is 838. The number of benzene rings is 2. The number of phenolic OH excluding ortho intramolecular Hbond substituents is 1. The first kappa shape index (κ1) is 24.3. The third-order valence-electron chi connectivity index (χ3n) is 4.90. The fourth-order valence-corrected chi connectivity index (χ4v) is 3.27. The van der Waals surface area contributed by atoms with Gasteiger partial charge in [-0.25, -0.2) is 4.79 Å². The van der Waals surface area contributed by atoms with Crippen LogP contribution in [0.15, 0.2) is 42.5 Å². The number of phenols is 1. The minimum atomic E-state index is -0.642. The van der Waals surface area contributed by atoms with E-state index in [-0.39, 0.29) is 18.9 Å². The largest absolute Gasteiger partial charge is 0.504 e. The second-order valence-corrected chi connectivity index (χ2v) is 6.75. The van der Waals surface area contributed by atoms with Crippen molar-refractivity contribution in [2.75, 3.05) is 41.6 Å². The lowest BCUT2D eigenvalue weighted by molar-refractivity contribution is -0.117. The summed E-state index contributed by atoms with van der Waals surface area (Å²) in [6, 6.07) is 12.2. The van der Waals surface area contributed by atoms with Gasteiger partial charge in [0.1, 0.15) is 5.75 Å². The van der Waals surface area contributed by atoms with Crippen LogP contribution in [0.1, 0.15) is 24.1 Å². The molecule has 1 N–H and O–H groups in total. The van der Waals surface area contributed by atoms with Gasteiger partial charge in [0.15, 0.2) is 17.8 Å². The molecule has 1 unspecified atom stereocenters. The molecule has 0 saturated heterocycles. The number of hydrogen-bond donors (Lipinski definition) is 1. The maximum Gasteiger partial charge on any atom is 0.410 e. The zero-order valence-electron chi connectivity index (χ0n) is 18.7. The summed E-state index contributed by atoms with van der Waals surface area (Å²) < 4.78 is 26.6.